The van der Waals surface area contributed by atoms with Crippen LogP contribution in [0.15, 0.2) is 30.4 Å². The monoisotopic (exact) mass is 355 g/mol. The van der Waals surface area contributed by atoms with Crippen LogP contribution in [0.3, 0.4) is 0 Å². The van der Waals surface area contributed by atoms with Crippen LogP contribution < -0.4 is 5.32 Å². The molecule has 0 unspecified atom stereocenters. The van der Waals surface area contributed by atoms with Gasteiger partial charge in [-0.15, -0.1) is 5.10 Å². The molecule has 2 aromatic heterocycles. The first kappa shape index (κ1) is 17.0. The third-order valence-corrected chi connectivity index (χ3v) is 5.41. The van der Waals surface area contributed by atoms with E-state index >= 15 is 0 Å². The summed E-state index contributed by atoms with van der Waals surface area (Å²) in [6, 6.07) is 0.156. The molecule has 4 rings (SSSR count). The number of nitrogens with zero attached hydrogens (tertiary/aromatic N) is 6. The van der Waals surface area contributed by atoms with E-state index in [1.54, 1.807) is 10.9 Å². The zero-order valence-corrected chi connectivity index (χ0v) is 15.3. The zero-order valence-electron chi connectivity index (χ0n) is 15.3. The van der Waals surface area contributed by atoms with Gasteiger partial charge in [-0.05, 0) is 19.3 Å². The number of rotatable bonds is 5. The highest BCUT2D eigenvalue weighted by Crippen LogP contribution is 2.29. The van der Waals surface area contributed by atoms with Crippen molar-refractivity contribution < 1.29 is 4.79 Å². The molecule has 2 aromatic rings. The highest BCUT2D eigenvalue weighted by Gasteiger charge is 2.37. The van der Waals surface area contributed by atoms with Crippen molar-refractivity contribution in [3.63, 3.8) is 0 Å². The molecule has 2 aliphatic rings. The van der Waals surface area contributed by atoms with E-state index in [4.69, 9.17) is 0 Å². The van der Waals surface area contributed by atoms with Crippen LogP contribution in [0, 0.1) is 0 Å². The van der Waals surface area contributed by atoms with Crippen molar-refractivity contribution in [2.45, 2.75) is 37.8 Å². The molecule has 26 heavy (non-hydrogen) atoms. The maximum atomic E-state index is 12.6. The summed E-state index contributed by atoms with van der Waals surface area (Å²) in [6.45, 7) is 2.05. The molecule has 8 heteroatoms. The number of nitrogens with one attached hydrogen (secondary N) is 1. The minimum absolute atomic E-state index is 0.132. The second-order valence-electron chi connectivity index (χ2n) is 7.31. The normalized spacial score (nSPS) is 22.5. The number of hydrogen-bond acceptors (Lipinski definition) is 5. The molecule has 138 valence electrons. The molecule has 2 atom stereocenters. The van der Waals surface area contributed by atoms with Gasteiger partial charge in [0.1, 0.15) is 0 Å². The van der Waals surface area contributed by atoms with Crippen molar-refractivity contribution in [2.24, 2.45) is 14.1 Å². The molecule has 1 aliphatic heterocycles. The highest BCUT2D eigenvalue weighted by atomic mass is 16.2. The maximum Gasteiger partial charge on any atom is 0.246 e. The number of aryl methyl sites for hydroxylation is 2. The Bertz CT molecular complexity index is 815. The largest absolute Gasteiger partial charge is 0.340 e. The number of hydrogen-bond donors (Lipinski definition) is 1. The summed E-state index contributed by atoms with van der Waals surface area (Å²) < 4.78 is 3.72. The number of imidazole rings is 1. The lowest BCUT2D eigenvalue weighted by Gasteiger charge is -2.19. The minimum atomic E-state index is 0.132. The van der Waals surface area contributed by atoms with Crippen LogP contribution in [-0.2, 0) is 25.4 Å². The summed E-state index contributed by atoms with van der Waals surface area (Å²) in [5.74, 6) is 0.313. The first-order valence-corrected chi connectivity index (χ1v) is 9.13. The number of aromatic nitrogens is 5. The third-order valence-electron chi connectivity index (χ3n) is 5.41. The fraction of sp³-hybridized carbons (Fsp3) is 0.556. The van der Waals surface area contributed by atoms with E-state index in [0.717, 1.165) is 24.2 Å². The van der Waals surface area contributed by atoms with Crippen molar-refractivity contribution in [3.8, 4) is 0 Å². The van der Waals surface area contributed by atoms with Crippen LogP contribution in [0.1, 0.15) is 36.6 Å². The average Bonchev–Trinajstić information content (AvgIpc) is 3.28. The van der Waals surface area contributed by atoms with Crippen LogP contribution in [-0.4, -0.2) is 54.5 Å². The lowest BCUT2D eigenvalue weighted by atomic mass is 9.92. The number of allylic oxidation sites excluding steroid dienone is 1. The first-order valence-electron chi connectivity index (χ1n) is 9.13. The zero-order chi connectivity index (χ0) is 18.1. The topological polar surface area (TPSA) is 80.9 Å². The molecule has 0 radical (unpaired) electrons. The van der Waals surface area contributed by atoms with Crippen LogP contribution in [0.5, 0.6) is 0 Å². The van der Waals surface area contributed by atoms with Gasteiger partial charge < -0.3 is 14.8 Å². The summed E-state index contributed by atoms with van der Waals surface area (Å²) in [7, 11) is 3.86. The SMILES string of the molecule is Cn1cnc([C@@H]2CN(C(=O)C=C3CCC3)C[C@H]2NCc2cnnn2C)c1. The van der Waals surface area contributed by atoms with E-state index in [1.165, 1.54) is 12.0 Å². The van der Waals surface area contributed by atoms with Gasteiger partial charge >= 0.3 is 0 Å². The van der Waals surface area contributed by atoms with Crippen LogP contribution >= 0.6 is 0 Å². The second-order valence-corrected chi connectivity index (χ2v) is 7.31. The van der Waals surface area contributed by atoms with Crippen LogP contribution in [0.4, 0.5) is 0 Å². The summed E-state index contributed by atoms with van der Waals surface area (Å²) in [5.41, 5.74) is 3.33. The standard InChI is InChI=1S/C18H25N7O/c1-23-10-16(20-12-23)15-9-25(18(26)6-13-4-3-5-13)11-17(15)19-7-14-8-21-22-24(14)2/h6,8,10,12,15,17,19H,3-5,7,9,11H2,1-2H3/t15-,17+/m0/s1. The lowest BCUT2D eigenvalue weighted by Crippen LogP contribution is -2.36. The molecular formula is C18H25N7O. The number of amides is 1. The lowest BCUT2D eigenvalue weighted by molar-refractivity contribution is -0.125. The van der Waals surface area contributed by atoms with Crippen LogP contribution in [0.25, 0.3) is 0 Å². The van der Waals surface area contributed by atoms with Gasteiger partial charge in [-0.2, -0.15) is 0 Å². The Hall–Kier alpha value is -2.48. The van der Waals surface area contributed by atoms with Gasteiger partial charge in [0, 0.05) is 58.0 Å². The van der Waals surface area contributed by atoms with Crippen molar-refractivity contribution in [2.75, 3.05) is 13.1 Å². The Morgan fingerprint density at radius 3 is 2.81 bits per heavy atom. The number of likely N-dealkylation sites (tertiary alicyclic amines) is 1. The molecule has 0 aromatic carbocycles. The Morgan fingerprint density at radius 1 is 1.35 bits per heavy atom. The van der Waals surface area contributed by atoms with Gasteiger partial charge in [-0.1, -0.05) is 10.8 Å². The molecule has 2 fully saturated rings. The Kier molecular flexibility index (Phi) is 4.58. The van der Waals surface area contributed by atoms with Gasteiger partial charge in [0.2, 0.25) is 5.91 Å². The fourth-order valence-electron chi connectivity index (χ4n) is 3.61. The van der Waals surface area contributed by atoms with E-state index < -0.39 is 0 Å². The van der Waals surface area contributed by atoms with E-state index in [9.17, 15) is 4.79 Å². The summed E-state index contributed by atoms with van der Waals surface area (Å²) in [6.07, 6.45) is 10.8. The molecule has 3 heterocycles. The predicted molar refractivity (Wildman–Crippen MR) is 96.1 cm³/mol. The summed E-state index contributed by atoms with van der Waals surface area (Å²) in [4.78, 5) is 19.1. The minimum Gasteiger partial charge on any atom is -0.340 e. The third kappa shape index (κ3) is 3.41. The van der Waals surface area contributed by atoms with Crippen molar-refractivity contribution in [1.29, 1.82) is 0 Å². The molecular weight excluding hydrogens is 330 g/mol. The predicted octanol–water partition coefficient (Wildman–Crippen LogP) is 0.743. The fourth-order valence-corrected chi connectivity index (χ4v) is 3.61. The number of carbonyl (C=O) groups excluding carboxylic acids is 1. The molecule has 1 saturated heterocycles. The smallest absolute Gasteiger partial charge is 0.246 e. The van der Waals surface area contributed by atoms with Gasteiger partial charge in [0.05, 0.1) is 23.9 Å². The summed E-state index contributed by atoms with van der Waals surface area (Å²) >= 11 is 0. The van der Waals surface area contributed by atoms with E-state index in [1.807, 2.05) is 42.2 Å². The molecule has 1 saturated carbocycles. The highest BCUT2D eigenvalue weighted by molar-refractivity contribution is 5.88. The summed E-state index contributed by atoms with van der Waals surface area (Å²) in [5, 5.41) is 11.5. The Labute approximate surface area is 152 Å². The second kappa shape index (κ2) is 7.03. The molecule has 1 amide bonds. The first-order chi connectivity index (χ1) is 12.6. The Balaban J connectivity index is 1.48. The molecule has 0 bridgehead atoms. The van der Waals surface area contributed by atoms with Gasteiger partial charge in [0.15, 0.2) is 0 Å². The van der Waals surface area contributed by atoms with Crippen molar-refractivity contribution in [3.05, 3.63) is 41.8 Å². The quantitative estimate of drug-likeness (QED) is 0.800. The van der Waals surface area contributed by atoms with E-state index in [-0.39, 0.29) is 17.9 Å². The van der Waals surface area contributed by atoms with Crippen molar-refractivity contribution >= 4 is 5.91 Å². The molecule has 0 spiro atoms. The molecule has 8 nitrogen and oxygen atoms in total. The maximum absolute atomic E-state index is 12.6. The Morgan fingerprint density at radius 2 is 2.19 bits per heavy atom. The molecule has 1 N–H and O–H groups in total. The molecule has 1 aliphatic carbocycles. The van der Waals surface area contributed by atoms with Crippen LogP contribution in [0.2, 0.25) is 0 Å². The number of carbonyl (C=O) groups is 1. The average molecular weight is 355 g/mol. The van der Waals surface area contributed by atoms with E-state index in [2.05, 4.69) is 20.6 Å². The van der Waals surface area contributed by atoms with E-state index in [0.29, 0.717) is 19.6 Å². The van der Waals surface area contributed by atoms with Gasteiger partial charge in [-0.3, -0.25) is 9.48 Å². The van der Waals surface area contributed by atoms with Gasteiger partial charge in [-0.25, -0.2) is 4.98 Å². The van der Waals surface area contributed by atoms with Crippen molar-refractivity contribution in [1.82, 2.24) is 34.8 Å². The van der Waals surface area contributed by atoms with Gasteiger partial charge in [0.25, 0.3) is 0 Å².